The number of hydrogen-bond acceptors (Lipinski definition) is 3. The van der Waals surface area contributed by atoms with Crippen molar-refractivity contribution >= 4 is 6.09 Å². The second-order valence-electron chi connectivity index (χ2n) is 11.8. The standard InChI is InChI=1S/C32H27F10NO3/c1-15(2)22-12-23(25(45-4)13-24(22)33)26-16(3)7-19(30(34,35)36)10-18(26)14-43-28(44)46-27(29(43)5-6-29)17-8-20(31(37,38)39)11-21(9-17)32(40,41)42/h7-13,15,27H,5-6,14H2,1-4H3/t27-/m1/s1. The Bertz CT molecular complexity index is 1660. The monoisotopic (exact) mass is 663 g/mol. The quantitative estimate of drug-likeness (QED) is 0.247. The minimum atomic E-state index is -5.15. The molecule has 5 rings (SSSR count). The number of benzene rings is 3. The van der Waals surface area contributed by atoms with Gasteiger partial charge in [-0.25, -0.2) is 9.18 Å². The Hall–Kier alpha value is -3.97. The number of amides is 1. The summed E-state index contributed by atoms with van der Waals surface area (Å²) < 4.78 is 149. The average Bonchev–Trinajstić information content (AvgIpc) is 3.68. The lowest BCUT2D eigenvalue weighted by atomic mass is 9.88. The third-order valence-corrected chi connectivity index (χ3v) is 8.42. The first kappa shape index (κ1) is 33.4. The zero-order valence-electron chi connectivity index (χ0n) is 24.8. The number of nitrogens with zero attached hydrogens (tertiary/aromatic N) is 1. The molecular formula is C32H27F10NO3. The molecule has 3 aromatic carbocycles. The van der Waals surface area contributed by atoms with Crippen LogP contribution in [0.15, 0.2) is 42.5 Å². The molecule has 1 saturated carbocycles. The molecule has 46 heavy (non-hydrogen) atoms. The number of methoxy groups -OCH3 is 1. The van der Waals surface area contributed by atoms with E-state index in [4.69, 9.17) is 9.47 Å². The number of carbonyl (C=O) groups excluding carboxylic acids is 1. The van der Waals surface area contributed by atoms with Gasteiger partial charge in [-0.15, -0.1) is 0 Å². The topological polar surface area (TPSA) is 38.8 Å². The van der Waals surface area contributed by atoms with Gasteiger partial charge in [0.15, 0.2) is 6.10 Å². The highest BCUT2D eigenvalue weighted by molar-refractivity contribution is 5.79. The molecule has 0 aromatic heterocycles. The predicted octanol–water partition coefficient (Wildman–Crippen LogP) is 10.2. The van der Waals surface area contributed by atoms with Crippen molar-refractivity contribution in [3.8, 4) is 16.9 Å². The number of ether oxygens (including phenoxy) is 2. The lowest BCUT2D eigenvalue weighted by molar-refractivity contribution is -0.143. The van der Waals surface area contributed by atoms with E-state index >= 15 is 0 Å². The molecule has 1 spiro atoms. The van der Waals surface area contributed by atoms with Crippen molar-refractivity contribution in [2.75, 3.05) is 7.11 Å². The van der Waals surface area contributed by atoms with E-state index in [2.05, 4.69) is 0 Å². The third kappa shape index (κ3) is 5.97. The van der Waals surface area contributed by atoms with Gasteiger partial charge in [0.25, 0.3) is 0 Å². The van der Waals surface area contributed by atoms with Gasteiger partial charge in [0.2, 0.25) is 0 Å². The predicted molar refractivity (Wildman–Crippen MR) is 145 cm³/mol. The summed E-state index contributed by atoms with van der Waals surface area (Å²) in [6, 6.07) is 5.15. The molecule has 3 aromatic rings. The number of hydrogen-bond donors (Lipinski definition) is 0. The van der Waals surface area contributed by atoms with Crippen LogP contribution in [0.5, 0.6) is 5.75 Å². The highest BCUT2D eigenvalue weighted by atomic mass is 19.4. The van der Waals surface area contributed by atoms with Crippen LogP contribution in [-0.4, -0.2) is 23.6 Å². The first-order valence-corrected chi connectivity index (χ1v) is 14.0. The lowest BCUT2D eigenvalue weighted by Gasteiger charge is -2.27. The molecular weight excluding hydrogens is 636 g/mol. The highest BCUT2D eigenvalue weighted by Crippen LogP contribution is 2.58. The fourth-order valence-electron chi connectivity index (χ4n) is 6.07. The van der Waals surface area contributed by atoms with Gasteiger partial charge in [-0.2, -0.15) is 39.5 Å². The number of carbonyl (C=O) groups is 1. The molecule has 1 aliphatic heterocycles. The second kappa shape index (κ2) is 11.1. The van der Waals surface area contributed by atoms with Crippen LogP contribution in [0, 0.1) is 12.7 Å². The molecule has 0 radical (unpaired) electrons. The van der Waals surface area contributed by atoms with Gasteiger partial charge in [0, 0.05) is 11.6 Å². The molecule has 2 fully saturated rings. The van der Waals surface area contributed by atoms with Crippen molar-refractivity contribution in [2.24, 2.45) is 0 Å². The zero-order chi connectivity index (χ0) is 34.1. The van der Waals surface area contributed by atoms with E-state index < -0.39 is 70.9 Å². The Kier molecular flexibility index (Phi) is 8.04. The van der Waals surface area contributed by atoms with Crippen molar-refractivity contribution in [3.05, 3.63) is 87.2 Å². The largest absolute Gasteiger partial charge is 0.496 e. The fourth-order valence-corrected chi connectivity index (χ4v) is 6.07. The van der Waals surface area contributed by atoms with Crippen LogP contribution in [0.2, 0.25) is 0 Å². The number of cyclic esters (lactones) is 1. The van der Waals surface area contributed by atoms with E-state index in [-0.39, 0.29) is 58.4 Å². The first-order chi connectivity index (χ1) is 21.2. The molecule has 1 aliphatic carbocycles. The Morgan fingerprint density at radius 1 is 0.870 bits per heavy atom. The molecule has 0 unspecified atom stereocenters. The van der Waals surface area contributed by atoms with Crippen LogP contribution in [0.1, 0.15) is 77.7 Å². The van der Waals surface area contributed by atoms with Gasteiger partial charge in [0.1, 0.15) is 11.6 Å². The van der Waals surface area contributed by atoms with E-state index in [1.54, 1.807) is 13.8 Å². The SMILES string of the molecule is COc1cc(F)c(C(C)C)cc1-c1c(C)cc(C(F)(F)F)cc1CN1C(=O)O[C@H](c2cc(C(F)(F)F)cc(C(F)(F)F)c2)C12CC2. The van der Waals surface area contributed by atoms with Crippen LogP contribution in [-0.2, 0) is 29.8 Å². The molecule has 0 N–H and O–H groups in total. The molecule has 2 aliphatic rings. The molecule has 14 heteroatoms. The summed E-state index contributed by atoms with van der Waals surface area (Å²) in [4.78, 5) is 14.3. The van der Waals surface area contributed by atoms with E-state index in [1.165, 1.54) is 20.1 Å². The van der Waals surface area contributed by atoms with Crippen molar-refractivity contribution in [1.82, 2.24) is 4.90 Å². The average molecular weight is 664 g/mol. The van der Waals surface area contributed by atoms with Crippen molar-refractivity contribution < 1.29 is 58.2 Å². The Balaban J connectivity index is 1.65. The second-order valence-corrected chi connectivity index (χ2v) is 11.8. The van der Waals surface area contributed by atoms with E-state index in [0.29, 0.717) is 12.1 Å². The Morgan fingerprint density at radius 2 is 1.41 bits per heavy atom. The maximum atomic E-state index is 14.9. The summed E-state index contributed by atoms with van der Waals surface area (Å²) in [6.07, 6.45) is -17.6. The van der Waals surface area contributed by atoms with Crippen LogP contribution >= 0.6 is 0 Å². The van der Waals surface area contributed by atoms with Crippen molar-refractivity contribution in [1.29, 1.82) is 0 Å². The zero-order valence-corrected chi connectivity index (χ0v) is 24.8. The van der Waals surface area contributed by atoms with Gasteiger partial charge in [-0.1, -0.05) is 13.8 Å². The van der Waals surface area contributed by atoms with Crippen molar-refractivity contribution in [2.45, 2.75) is 76.2 Å². The number of rotatable bonds is 6. The number of aryl methyl sites for hydroxylation is 1. The number of alkyl halides is 9. The van der Waals surface area contributed by atoms with Crippen LogP contribution in [0.4, 0.5) is 48.7 Å². The molecule has 1 amide bonds. The summed E-state index contributed by atoms with van der Waals surface area (Å²) in [5.41, 5.74) is -5.50. The van der Waals surface area contributed by atoms with Gasteiger partial charge in [-0.05, 0) is 89.9 Å². The summed E-state index contributed by atoms with van der Waals surface area (Å²) in [7, 11) is 1.25. The van der Waals surface area contributed by atoms with Gasteiger partial charge >= 0.3 is 24.6 Å². The van der Waals surface area contributed by atoms with E-state index in [9.17, 15) is 48.7 Å². The summed E-state index contributed by atoms with van der Waals surface area (Å²) in [5, 5.41) is 0. The Morgan fingerprint density at radius 3 is 1.89 bits per heavy atom. The molecule has 248 valence electrons. The molecule has 1 saturated heterocycles. The molecule has 1 heterocycles. The number of halogens is 10. The molecule has 0 bridgehead atoms. The highest BCUT2D eigenvalue weighted by Gasteiger charge is 2.63. The first-order valence-electron chi connectivity index (χ1n) is 14.0. The van der Waals surface area contributed by atoms with Crippen molar-refractivity contribution in [3.63, 3.8) is 0 Å². The van der Waals surface area contributed by atoms with Gasteiger partial charge < -0.3 is 9.47 Å². The third-order valence-electron chi connectivity index (χ3n) is 8.42. The smallest absolute Gasteiger partial charge is 0.416 e. The van der Waals surface area contributed by atoms with Gasteiger partial charge in [0.05, 0.1) is 35.9 Å². The minimum absolute atomic E-state index is 0.00216. The lowest BCUT2D eigenvalue weighted by Crippen LogP contribution is -2.36. The van der Waals surface area contributed by atoms with E-state index in [0.717, 1.165) is 23.1 Å². The maximum absolute atomic E-state index is 14.9. The minimum Gasteiger partial charge on any atom is -0.496 e. The normalized spacial score (nSPS) is 18.0. The van der Waals surface area contributed by atoms with Gasteiger partial charge in [-0.3, -0.25) is 4.90 Å². The van der Waals surface area contributed by atoms with Crippen LogP contribution in [0.3, 0.4) is 0 Å². The van der Waals surface area contributed by atoms with E-state index in [1.807, 2.05) is 0 Å². The summed E-state index contributed by atoms with van der Waals surface area (Å²) >= 11 is 0. The fraction of sp³-hybridized carbons (Fsp3) is 0.406. The maximum Gasteiger partial charge on any atom is 0.416 e. The summed E-state index contributed by atoms with van der Waals surface area (Å²) in [5.74, 6) is -0.942. The molecule has 1 atom stereocenters. The Labute approximate surface area is 256 Å². The summed E-state index contributed by atoms with van der Waals surface area (Å²) in [6.45, 7) is 4.28. The van der Waals surface area contributed by atoms with Crippen LogP contribution < -0.4 is 4.74 Å². The van der Waals surface area contributed by atoms with Crippen LogP contribution in [0.25, 0.3) is 11.1 Å². The molecule has 4 nitrogen and oxygen atoms in total.